The Morgan fingerprint density at radius 1 is 1.45 bits per heavy atom. The molecule has 1 aliphatic carbocycles. The lowest BCUT2D eigenvalue weighted by Crippen LogP contribution is -2.31. The fourth-order valence-electron chi connectivity index (χ4n) is 2.66. The summed E-state index contributed by atoms with van der Waals surface area (Å²) in [7, 11) is 1.77. The van der Waals surface area contributed by atoms with Gasteiger partial charge in [0.05, 0.1) is 11.6 Å². The number of anilines is 1. The molecule has 0 aliphatic heterocycles. The van der Waals surface area contributed by atoms with Crippen molar-refractivity contribution in [2.75, 3.05) is 12.4 Å². The number of aromatic nitrogens is 1. The van der Waals surface area contributed by atoms with E-state index in [-0.39, 0.29) is 11.9 Å². The molecule has 2 aromatic rings. The number of amides is 1. The van der Waals surface area contributed by atoms with Crippen molar-refractivity contribution in [3.63, 3.8) is 0 Å². The van der Waals surface area contributed by atoms with Gasteiger partial charge in [-0.05, 0) is 48.4 Å². The van der Waals surface area contributed by atoms with E-state index >= 15 is 0 Å². The van der Waals surface area contributed by atoms with Gasteiger partial charge in [-0.2, -0.15) is 0 Å². The molecule has 0 bridgehead atoms. The predicted octanol–water partition coefficient (Wildman–Crippen LogP) is 2.99. The second kappa shape index (κ2) is 5.63. The Balaban J connectivity index is 1.81. The quantitative estimate of drug-likeness (QED) is 0.912. The lowest BCUT2D eigenvalue weighted by molar-refractivity contribution is 0.0933. The lowest BCUT2D eigenvalue weighted by Gasteiger charge is -2.24. The van der Waals surface area contributed by atoms with Gasteiger partial charge in [0.25, 0.3) is 5.91 Å². The number of pyridine rings is 1. The molecule has 104 valence electrons. The summed E-state index contributed by atoms with van der Waals surface area (Å²) in [5, 5.41) is 8.21. The Morgan fingerprint density at radius 2 is 2.35 bits per heavy atom. The summed E-state index contributed by atoms with van der Waals surface area (Å²) in [5.41, 5.74) is 1.88. The van der Waals surface area contributed by atoms with E-state index in [1.165, 1.54) is 10.4 Å². The second-order valence-electron chi connectivity index (χ2n) is 4.87. The summed E-state index contributed by atoms with van der Waals surface area (Å²) in [5.74, 6) is 0.554. The van der Waals surface area contributed by atoms with E-state index in [9.17, 15) is 4.79 Å². The van der Waals surface area contributed by atoms with E-state index in [0.717, 1.165) is 19.3 Å². The number of hydrogen-bond acceptors (Lipinski definition) is 4. The number of fused-ring (bicyclic) bond motifs is 1. The van der Waals surface area contributed by atoms with Crippen LogP contribution < -0.4 is 10.6 Å². The van der Waals surface area contributed by atoms with Gasteiger partial charge in [0.15, 0.2) is 0 Å². The monoisotopic (exact) mass is 287 g/mol. The van der Waals surface area contributed by atoms with Crippen molar-refractivity contribution in [1.29, 1.82) is 0 Å². The molecule has 0 spiro atoms. The Hall–Kier alpha value is -1.88. The molecule has 2 N–H and O–H groups in total. The van der Waals surface area contributed by atoms with Crippen LogP contribution in [-0.4, -0.2) is 17.9 Å². The van der Waals surface area contributed by atoms with E-state index < -0.39 is 0 Å². The topological polar surface area (TPSA) is 54.0 Å². The molecule has 1 unspecified atom stereocenters. The zero-order chi connectivity index (χ0) is 13.9. The molecule has 1 atom stereocenters. The van der Waals surface area contributed by atoms with Crippen LogP contribution >= 0.6 is 11.3 Å². The first kappa shape index (κ1) is 13.1. The first-order valence-electron chi connectivity index (χ1n) is 6.79. The Morgan fingerprint density at radius 3 is 3.20 bits per heavy atom. The van der Waals surface area contributed by atoms with Crippen LogP contribution in [0.2, 0.25) is 0 Å². The van der Waals surface area contributed by atoms with Gasteiger partial charge >= 0.3 is 0 Å². The van der Waals surface area contributed by atoms with Crippen LogP contribution in [0.5, 0.6) is 0 Å². The Kier molecular flexibility index (Phi) is 3.69. The number of nitrogens with zero attached hydrogens (tertiary/aromatic N) is 1. The molecule has 0 aromatic carbocycles. The molecule has 1 aliphatic rings. The maximum atomic E-state index is 12.4. The van der Waals surface area contributed by atoms with Crippen molar-refractivity contribution >= 4 is 23.1 Å². The van der Waals surface area contributed by atoms with Gasteiger partial charge in [-0.25, -0.2) is 4.98 Å². The van der Waals surface area contributed by atoms with E-state index in [4.69, 9.17) is 0 Å². The molecule has 1 amide bonds. The summed E-state index contributed by atoms with van der Waals surface area (Å²) >= 11 is 1.78. The third-order valence-corrected chi connectivity index (χ3v) is 4.64. The summed E-state index contributed by atoms with van der Waals surface area (Å²) in [4.78, 5) is 18.0. The van der Waals surface area contributed by atoms with Gasteiger partial charge in [0, 0.05) is 18.1 Å². The highest BCUT2D eigenvalue weighted by atomic mass is 32.1. The summed E-state index contributed by atoms with van der Waals surface area (Å²) in [6, 6.07) is 5.84. The van der Waals surface area contributed by atoms with E-state index in [2.05, 4.69) is 27.1 Å². The predicted molar refractivity (Wildman–Crippen MR) is 81.2 cm³/mol. The molecule has 2 heterocycles. The number of carbonyl (C=O) groups is 1. The number of hydrogen-bond donors (Lipinski definition) is 2. The van der Waals surface area contributed by atoms with Crippen molar-refractivity contribution in [2.24, 2.45) is 0 Å². The van der Waals surface area contributed by atoms with Crippen LogP contribution in [0.3, 0.4) is 0 Å². The maximum Gasteiger partial charge on any atom is 0.255 e. The van der Waals surface area contributed by atoms with Crippen LogP contribution in [0.25, 0.3) is 0 Å². The highest BCUT2D eigenvalue weighted by molar-refractivity contribution is 7.10. The molecule has 5 heteroatoms. The van der Waals surface area contributed by atoms with Crippen LogP contribution in [-0.2, 0) is 6.42 Å². The van der Waals surface area contributed by atoms with Gasteiger partial charge in [-0.3, -0.25) is 4.79 Å². The van der Waals surface area contributed by atoms with Gasteiger partial charge < -0.3 is 10.6 Å². The molecule has 4 nitrogen and oxygen atoms in total. The first-order valence-corrected chi connectivity index (χ1v) is 7.67. The second-order valence-corrected chi connectivity index (χ2v) is 5.87. The van der Waals surface area contributed by atoms with Crippen molar-refractivity contribution in [1.82, 2.24) is 10.3 Å². The third kappa shape index (κ3) is 2.41. The summed E-state index contributed by atoms with van der Waals surface area (Å²) < 4.78 is 0. The first-order chi connectivity index (χ1) is 9.79. The summed E-state index contributed by atoms with van der Waals surface area (Å²) in [6.07, 6.45) is 4.95. The van der Waals surface area contributed by atoms with Crippen LogP contribution in [0.1, 0.15) is 39.7 Å². The third-order valence-electron chi connectivity index (χ3n) is 3.65. The van der Waals surface area contributed by atoms with Crippen LogP contribution in [0.15, 0.2) is 29.8 Å². The largest absolute Gasteiger partial charge is 0.372 e. The average Bonchev–Trinajstić information content (AvgIpc) is 2.96. The van der Waals surface area contributed by atoms with Crippen LogP contribution in [0, 0.1) is 0 Å². The molecule has 0 saturated heterocycles. The zero-order valence-corrected chi connectivity index (χ0v) is 12.2. The van der Waals surface area contributed by atoms with Crippen molar-refractivity contribution < 1.29 is 4.79 Å². The minimum absolute atomic E-state index is 0.0634. The number of aryl methyl sites for hydroxylation is 1. The van der Waals surface area contributed by atoms with Gasteiger partial charge in [0.1, 0.15) is 5.82 Å². The smallest absolute Gasteiger partial charge is 0.255 e. The highest BCUT2D eigenvalue weighted by Crippen LogP contribution is 2.33. The fraction of sp³-hybridized carbons (Fsp3) is 0.333. The Labute approximate surface area is 122 Å². The molecular weight excluding hydrogens is 270 g/mol. The Bertz CT molecular complexity index is 623. The molecule has 0 fully saturated rings. The van der Waals surface area contributed by atoms with Crippen molar-refractivity contribution in [3.8, 4) is 0 Å². The van der Waals surface area contributed by atoms with Crippen molar-refractivity contribution in [3.05, 3.63) is 45.8 Å². The molecule has 0 saturated carbocycles. The normalized spacial score (nSPS) is 17.4. The summed E-state index contributed by atoms with van der Waals surface area (Å²) in [6.45, 7) is 0. The van der Waals surface area contributed by atoms with Gasteiger partial charge in [-0.15, -0.1) is 11.3 Å². The molecule has 20 heavy (non-hydrogen) atoms. The lowest BCUT2D eigenvalue weighted by atomic mass is 9.94. The molecular formula is C15H17N3OS. The minimum Gasteiger partial charge on any atom is -0.372 e. The number of thiophene rings is 1. The number of nitrogens with one attached hydrogen (secondary N) is 2. The average molecular weight is 287 g/mol. The molecule has 2 aromatic heterocycles. The fourth-order valence-corrected chi connectivity index (χ4v) is 3.65. The maximum absolute atomic E-state index is 12.4. The van der Waals surface area contributed by atoms with E-state index in [0.29, 0.717) is 11.4 Å². The standard InChI is InChI=1S/C15H17N3OS/c1-16-14-11(4-3-8-17-14)15(19)18-12-5-2-6-13-10(12)7-9-20-13/h3-4,7-9,12H,2,5-6H2,1H3,(H,16,17)(H,18,19). The molecule has 0 radical (unpaired) electrons. The van der Waals surface area contributed by atoms with Gasteiger partial charge in [-0.1, -0.05) is 0 Å². The van der Waals surface area contributed by atoms with E-state index in [1.54, 1.807) is 36.7 Å². The number of rotatable bonds is 3. The van der Waals surface area contributed by atoms with Crippen LogP contribution in [0.4, 0.5) is 5.82 Å². The number of carbonyl (C=O) groups excluding carboxylic acids is 1. The minimum atomic E-state index is -0.0634. The SMILES string of the molecule is CNc1ncccc1C(=O)NC1CCCc2sccc21. The van der Waals surface area contributed by atoms with Gasteiger partial charge in [0.2, 0.25) is 0 Å². The zero-order valence-electron chi connectivity index (χ0n) is 11.3. The van der Waals surface area contributed by atoms with E-state index in [1.807, 2.05) is 0 Å². The molecule has 3 rings (SSSR count). The highest BCUT2D eigenvalue weighted by Gasteiger charge is 2.24. The van der Waals surface area contributed by atoms with Crippen molar-refractivity contribution in [2.45, 2.75) is 25.3 Å².